The largest absolute Gasteiger partial charge is 0.320 e. The van der Waals surface area contributed by atoms with Gasteiger partial charge < -0.3 is 5.32 Å². The summed E-state index contributed by atoms with van der Waals surface area (Å²) in [5.74, 6) is -0.238. The van der Waals surface area contributed by atoms with Crippen molar-refractivity contribution in [2.24, 2.45) is 0 Å². The minimum absolute atomic E-state index is 0.238. The van der Waals surface area contributed by atoms with Gasteiger partial charge in [-0.2, -0.15) is 5.10 Å². The number of hydrogen-bond acceptors (Lipinski definition) is 2. The normalized spacial score (nSPS) is 10.7. The van der Waals surface area contributed by atoms with Crippen LogP contribution in [0.2, 0.25) is 5.02 Å². The number of aromatic nitrogens is 2. The lowest BCUT2D eigenvalue weighted by atomic mass is 10.2. The molecule has 0 unspecified atom stereocenters. The van der Waals surface area contributed by atoms with Crippen molar-refractivity contribution in [1.29, 1.82) is 0 Å². The fraction of sp³-hybridized carbons (Fsp3) is 0.111. The average molecular weight is 405 g/mol. The lowest BCUT2D eigenvalue weighted by molar-refractivity contribution is 0.102. The number of aryl methyl sites for hydroxylation is 2. The average Bonchev–Trinajstić information content (AvgIpc) is 2.88. The van der Waals surface area contributed by atoms with Crippen LogP contribution in [0.15, 0.2) is 53.0 Å². The number of nitrogens with zero attached hydrogens (tertiary/aromatic N) is 2. The summed E-state index contributed by atoms with van der Waals surface area (Å²) < 4.78 is 2.51. The highest BCUT2D eigenvalue weighted by Gasteiger charge is 2.14. The minimum Gasteiger partial charge on any atom is -0.320 e. The first-order chi connectivity index (χ1) is 11.5. The van der Waals surface area contributed by atoms with Gasteiger partial charge in [-0.3, -0.25) is 4.79 Å². The molecule has 6 heteroatoms. The second-order valence-corrected chi connectivity index (χ2v) is 6.73. The van der Waals surface area contributed by atoms with Gasteiger partial charge >= 0.3 is 0 Å². The molecule has 0 radical (unpaired) electrons. The lowest BCUT2D eigenvalue weighted by Gasteiger charge is -2.13. The summed E-state index contributed by atoms with van der Waals surface area (Å²) in [4.78, 5) is 12.6. The number of carbonyl (C=O) groups is 1. The van der Waals surface area contributed by atoms with Gasteiger partial charge in [0.05, 0.1) is 22.6 Å². The van der Waals surface area contributed by atoms with Gasteiger partial charge in [-0.15, -0.1) is 0 Å². The molecule has 0 aliphatic carbocycles. The number of halogens is 2. The Balaban J connectivity index is 1.98. The number of rotatable bonds is 3. The zero-order valence-electron chi connectivity index (χ0n) is 13.2. The Bertz CT molecular complexity index is 920. The Morgan fingerprint density at radius 1 is 1.17 bits per heavy atom. The van der Waals surface area contributed by atoms with Crippen molar-refractivity contribution < 1.29 is 4.79 Å². The fourth-order valence-corrected chi connectivity index (χ4v) is 3.10. The van der Waals surface area contributed by atoms with Crippen molar-refractivity contribution in [2.45, 2.75) is 13.8 Å². The summed E-state index contributed by atoms with van der Waals surface area (Å²) in [6.07, 6.45) is 0. The van der Waals surface area contributed by atoms with Crippen LogP contribution in [0.3, 0.4) is 0 Å². The molecule has 0 aliphatic heterocycles. The molecule has 0 atom stereocenters. The summed E-state index contributed by atoms with van der Waals surface area (Å²) in [7, 11) is 0. The van der Waals surface area contributed by atoms with Crippen molar-refractivity contribution in [1.82, 2.24) is 9.78 Å². The number of benzene rings is 2. The maximum atomic E-state index is 12.6. The van der Waals surface area contributed by atoms with Crippen LogP contribution < -0.4 is 5.32 Å². The lowest BCUT2D eigenvalue weighted by Crippen LogP contribution is -2.15. The zero-order chi connectivity index (χ0) is 17.3. The van der Waals surface area contributed by atoms with E-state index in [2.05, 4.69) is 26.3 Å². The molecule has 3 aromatic rings. The van der Waals surface area contributed by atoms with Crippen LogP contribution in [-0.2, 0) is 0 Å². The molecule has 0 saturated carbocycles. The van der Waals surface area contributed by atoms with Gasteiger partial charge in [-0.05, 0) is 66.2 Å². The molecule has 122 valence electrons. The van der Waals surface area contributed by atoms with Gasteiger partial charge in [0.1, 0.15) is 0 Å². The summed E-state index contributed by atoms with van der Waals surface area (Å²) in [6.45, 7) is 3.92. The topological polar surface area (TPSA) is 46.9 Å². The van der Waals surface area contributed by atoms with E-state index in [1.807, 2.05) is 48.9 Å². The summed E-state index contributed by atoms with van der Waals surface area (Å²) >= 11 is 9.39. The summed E-state index contributed by atoms with van der Waals surface area (Å²) in [6, 6.07) is 14.7. The SMILES string of the molecule is Cc1cc(C)n(-c2ccccc2NC(=O)c2cc(Cl)ccc2Br)n1. The maximum absolute atomic E-state index is 12.6. The van der Waals surface area contributed by atoms with Crippen molar-refractivity contribution >= 4 is 39.1 Å². The van der Waals surface area contributed by atoms with Crippen LogP contribution >= 0.6 is 27.5 Å². The number of anilines is 1. The number of nitrogens with one attached hydrogen (secondary N) is 1. The Hall–Kier alpha value is -2.11. The molecule has 0 saturated heterocycles. The van der Waals surface area contributed by atoms with Crippen LogP contribution in [0.1, 0.15) is 21.7 Å². The summed E-state index contributed by atoms with van der Waals surface area (Å²) in [5, 5.41) is 7.94. The molecule has 3 rings (SSSR count). The first kappa shape index (κ1) is 16.7. The first-order valence-corrected chi connectivity index (χ1v) is 8.52. The molecular weight excluding hydrogens is 390 g/mol. The molecule has 0 spiro atoms. The molecule has 1 heterocycles. The fourth-order valence-electron chi connectivity index (χ4n) is 2.50. The third-order valence-electron chi connectivity index (χ3n) is 3.56. The molecule has 1 amide bonds. The highest BCUT2D eigenvalue weighted by atomic mass is 79.9. The van der Waals surface area contributed by atoms with Gasteiger partial charge in [0, 0.05) is 15.2 Å². The van der Waals surface area contributed by atoms with E-state index in [1.165, 1.54) is 0 Å². The van der Waals surface area contributed by atoms with Crippen LogP contribution in [0.25, 0.3) is 5.69 Å². The van der Waals surface area contributed by atoms with Crippen molar-refractivity contribution in [3.05, 3.63) is 75.0 Å². The van der Waals surface area contributed by atoms with Gasteiger partial charge in [-0.25, -0.2) is 4.68 Å². The Labute approximate surface area is 153 Å². The second-order valence-electron chi connectivity index (χ2n) is 5.43. The third kappa shape index (κ3) is 3.37. The van der Waals surface area contributed by atoms with E-state index in [4.69, 9.17) is 11.6 Å². The highest BCUT2D eigenvalue weighted by molar-refractivity contribution is 9.10. The van der Waals surface area contributed by atoms with Crippen molar-refractivity contribution in [3.63, 3.8) is 0 Å². The number of carbonyl (C=O) groups excluding carboxylic acids is 1. The van der Waals surface area contributed by atoms with E-state index in [9.17, 15) is 4.79 Å². The van der Waals surface area contributed by atoms with E-state index >= 15 is 0 Å². The van der Waals surface area contributed by atoms with Gasteiger partial charge in [-0.1, -0.05) is 23.7 Å². The van der Waals surface area contributed by atoms with E-state index in [0.29, 0.717) is 20.7 Å². The van der Waals surface area contributed by atoms with E-state index in [1.54, 1.807) is 18.2 Å². The molecule has 1 aromatic heterocycles. The number of amides is 1. The predicted molar refractivity (Wildman–Crippen MR) is 100 cm³/mol. The third-order valence-corrected chi connectivity index (χ3v) is 4.49. The highest BCUT2D eigenvalue weighted by Crippen LogP contribution is 2.25. The summed E-state index contributed by atoms with van der Waals surface area (Å²) in [5.41, 5.74) is 3.89. The second kappa shape index (κ2) is 6.79. The Morgan fingerprint density at radius 3 is 2.62 bits per heavy atom. The first-order valence-electron chi connectivity index (χ1n) is 7.35. The molecule has 1 N–H and O–H groups in total. The van der Waals surface area contributed by atoms with Crippen molar-refractivity contribution in [3.8, 4) is 5.69 Å². The molecule has 24 heavy (non-hydrogen) atoms. The Kier molecular flexibility index (Phi) is 4.73. The van der Waals surface area contributed by atoms with Crippen LogP contribution in [0, 0.1) is 13.8 Å². The zero-order valence-corrected chi connectivity index (χ0v) is 15.5. The van der Waals surface area contributed by atoms with Crippen molar-refractivity contribution in [2.75, 3.05) is 5.32 Å². The van der Waals surface area contributed by atoms with Gasteiger partial charge in [0.15, 0.2) is 0 Å². The smallest absolute Gasteiger partial charge is 0.256 e. The number of para-hydroxylation sites is 2. The Morgan fingerprint density at radius 2 is 1.92 bits per heavy atom. The van der Waals surface area contributed by atoms with Crippen LogP contribution in [0.4, 0.5) is 5.69 Å². The van der Waals surface area contributed by atoms with E-state index in [0.717, 1.165) is 17.1 Å². The molecule has 0 aliphatic rings. The standard InChI is InChI=1S/C18H15BrClN3O/c1-11-9-12(2)23(22-11)17-6-4-3-5-16(17)21-18(24)14-10-13(20)7-8-15(14)19/h3-10H,1-2H3,(H,21,24). The number of hydrogen-bond donors (Lipinski definition) is 1. The molecule has 0 fully saturated rings. The quantitative estimate of drug-likeness (QED) is 0.655. The molecule has 4 nitrogen and oxygen atoms in total. The molecule has 0 bridgehead atoms. The minimum atomic E-state index is -0.238. The molecule has 2 aromatic carbocycles. The predicted octanol–water partition coefficient (Wildman–Crippen LogP) is 5.16. The molecular formula is C18H15BrClN3O. The maximum Gasteiger partial charge on any atom is 0.256 e. The van der Waals surface area contributed by atoms with E-state index < -0.39 is 0 Å². The van der Waals surface area contributed by atoms with Crippen LogP contribution in [-0.4, -0.2) is 15.7 Å². The van der Waals surface area contributed by atoms with E-state index in [-0.39, 0.29) is 5.91 Å². The van der Waals surface area contributed by atoms with Crippen LogP contribution in [0.5, 0.6) is 0 Å². The van der Waals surface area contributed by atoms with Gasteiger partial charge in [0.2, 0.25) is 0 Å². The van der Waals surface area contributed by atoms with Gasteiger partial charge in [0.25, 0.3) is 5.91 Å². The monoisotopic (exact) mass is 403 g/mol.